The zero-order valence-electron chi connectivity index (χ0n) is 24.4. The minimum Gasteiger partial charge on any atom is -0.508 e. The second kappa shape index (κ2) is 11.5. The molecule has 3 N–H and O–H groups in total. The number of fused-ring (bicyclic) bond motifs is 2. The molecule has 1 atom stereocenters. The lowest BCUT2D eigenvalue weighted by Crippen LogP contribution is -2.60. The Morgan fingerprint density at radius 2 is 1.62 bits per heavy atom. The van der Waals surface area contributed by atoms with Crippen molar-refractivity contribution in [3.05, 3.63) is 65.2 Å². The van der Waals surface area contributed by atoms with Crippen LogP contribution < -0.4 is 10.6 Å². The molecule has 0 saturated carbocycles. The first-order valence-corrected chi connectivity index (χ1v) is 14.3. The molecular weight excluding hydrogens is 506 g/mol. The van der Waals surface area contributed by atoms with E-state index in [0.717, 1.165) is 31.2 Å². The normalized spacial score (nSPS) is 17.2. The number of aryl methyl sites for hydroxylation is 2. The lowest BCUT2D eigenvalue weighted by molar-refractivity contribution is -0.139. The van der Waals surface area contributed by atoms with Crippen LogP contribution in [0.15, 0.2) is 48.5 Å². The molecule has 4 rings (SSSR count). The SMILES string of the molecule is CC(C)(C)OC(=O)NC(C)(C)C(=O)NC(CCc1ccc(O)cc1)C(=O)N1CCC2(CCc3ccccc32)CC1. The average molecular weight is 550 g/mol. The molecule has 8 heteroatoms. The Balaban J connectivity index is 1.45. The van der Waals surface area contributed by atoms with Crippen molar-refractivity contribution in [2.24, 2.45) is 0 Å². The van der Waals surface area contributed by atoms with Crippen LogP contribution in [0.1, 0.15) is 77.0 Å². The Labute approximate surface area is 237 Å². The summed E-state index contributed by atoms with van der Waals surface area (Å²) in [6.07, 6.45) is 4.23. The number of carbonyl (C=O) groups excluding carboxylic acids is 3. The van der Waals surface area contributed by atoms with Gasteiger partial charge in [0.1, 0.15) is 22.9 Å². The van der Waals surface area contributed by atoms with Gasteiger partial charge >= 0.3 is 6.09 Å². The van der Waals surface area contributed by atoms with Gasteiger partial charge in [0.15, 0.2) is 0 Å². The number of likely N-dealkylation sites (tertiary alicyclic amines) is 1. The number of amides is 3. The summed E-state index contributed by atoms with van der Waals surface area (Å²) in [7, 11) is 0. The van der Waals surface area contributed by atoms with Crippen molar-refractivity contribution in [3.63, 3.8) is 0 Å². The van der Waals surface area contributed by atoms with Crippen LogP contribution in [-0.4, -0.2) is 58.2 Å². The lowest BCUT2D eigenvalue weighted by Gasteiger charge is -2.41. The third-order valence-electron chi connectivity index (χ3n) is 8.14. The molecule has 0 aromatic heterocycles. The highest BCUT2D eigenvalue weighted by Gasteiger charge is 2.43. The topological polar surface area (TPSA) is 108 Å². The van der Waals surface area contributed by atoms with Gasteiger partial charge in [0.05, 0.1) is 0 Å². The van der Waals surface area contributed by atoms with Gasteiger partial charge in [-0.1, -0.05) is 36.4 Å². The predicted molar refractivity (Wildman–Crippen MR) is 154 cm³/mol. The molecule has 2 aromatic rings. The number of ether oxygens (including phenoxy) is 1. The summed E-state index contributed by atoms with van der Waals surface area (Å²) in [5.74, 6) is -0.391. The first-order valence-electron chi connectivity index (χ1n) is 14.3. The maximum Gasteiger partial charge on any atom is 0.408 e. The molecule has 1 saturated heterocycles. The van der Waals surface area contributed by atoms with Crippen molar-refractivity contribution >= 4 is 17.9 Å². The van der Waals surface area contributed by atoms with E-state index in [1.54, 1.807) is 46.8 Å². The van der Waals surface area contributed by atoms with Gasteiger partial charge in [-0.2, -0.15) is 0 Å². The fourth-order valence-corrected chi connectivity index (χ4v) is 5.84. The van der Waals surface area contributed by atoms with Crippen LogP contribution in [-0.2, 0) is 32.6 Å². The van der Waals surface area contributed by atoms with E-state index in [1.165, 1.54) is 11.1 Å². The van der Waals surface area contributed by atoms with Crippen molar-refractivity contribution in [3.8, 4) is 5.75 Å². The van der Waals surface area contributed by atoms with E-state index >= 15 is 0 Å². The summed E-state index contributed by atoms with van der Waals surface area (Å²) < 4.78 is 5.33. The highest BCUT2D eigenvalue weighted by atomic mass is 16.6. The van der Waals surface area contributed by atoms with Crippen LogP contribution >= 0.6 is 0 Å². The van der Waals surface area contributed by atoms with Gasteiger partial charge in [-0.05, 0) is 107 Å². The fourth-order valence-electron chi connectivity index (χ4n) is 5.84. The highest BCUT2D eigenvalue weighted by molar-refractivity contribution is 5.93. The third-order valence-corrected chi connectivity index (χ3v) is 8.14. The average Bonchev–Trinajstić information content (AvgIpc) is 3.24. The number of alkyl carbamates (subject to hydrolysis) is 1. The van der Waals surface area contributed by atoms with E-state index in [2.05, 4.69) is 34.9 Å². The molecular formula is C32H43N3O5. The molecule has 0 radical (unpaired) electrons. The Morgan fingerprint density at radius 1 is 0.975 bits per heavy atom. The van der Waals surface area contributed by atoms with Crippen molar-refractivity contribution in [2.75, 3.05) is 13.1 Å². The number of phenolic OH excluding ortho intramolecular Hbond substituents is 1. The Hall–Kier alpha value is -3.55. The van der Waals surface area contributed by atoms with Gasteiger partial charge in [0.25, 0.3) is 0 Å². The standard InChI is InChI=1S/C32H43N3O5/c1-30(2,3)40-29(39)34-31(4,5)28(38)33-26(15-12-22-10-13-24(36)14-11-22)27(37)35-20-18-32(19-21-35)17-16-23-8-6-7-9-25(23)32/h6-11,13-14,26,36H,12,15-21H2,1-5H3,(H,33,38)(H,34,39). The first-order chi connectivity index (χ1) is 18.8. The largest absolute Gasteiger partial charge is 0.508 e. The van der Waals surface area contributed by atoms with E-state index in [4.69, 9.17) is 4.74 Å². The summed E-state index contributed by atoms with van der Waals surface area (Å²) in [5, 5.41) is 15.2. The van der Waals surface area contributed by atoms with E-state index in [9.17, 15) is 19.5 Å². The Bertz CT molecular complexity index is 1220. The van der Waals surface area contributed by atoms with Gasteiger partial charge in [-0.3, -0.25) is 9.59 Å². The van der Waals surface area contributed by atoms with Gasteiger partial charge in [0, 0.05) is 13.1 Å². The summed E-state index contributed by atoms with van der Waals surface area (Å²) in [5.41, 5.74) is 1.92. The van der Waals surface area contributed by atoms with Crippen molar-refractivity contribution in [1.82, 2.24) is 15.5 Å². The van der Waals surface area contributed by atoms with Crippen LogP contribution in [0.4, 0.5) is 4.79 Å². The zero-order chi connectivity index (χ0) is 29.1. The van der Waals surface area contributed by atoms with E-state index in [1.807, 2.05) is 17.0 Å². The number of aromatic hydroxyl groups is 1. The zero-order valence-corrected chi connectivity index (χ0v) is 24.4. The molecule has 3 amide bonds. The smallest absolute Gasteiger partial charge is 0.408 e. The number of nitrogens with zero attached hydrogens (tertiary/aromatic N) is 1. The monoisotopic (exact) mass is 549 g/mol. The van der Waals surface area contributed by atoms with E-state index < -0.39 is 29.2 Å². The minimum atomic E-state index is -1.29. The molecule has 1 heterocycles. The molecule has 2 aliphatic rings. The van der Waals surface area contributed by atoms with Crippen LogP contribution in [0, 0.1) is 0 Å². The van der Waals surface area contributed by atoms with Crippen molar-refractivity contribution < 1.29 is 24.2 Å². The van der Waals surface area contributed by atoms with E-state index in [0.29, 0.717) is 25.9 Å². The van der Waals surface area contributed by atoms with Crippen LogP contribution in [0.25, 0.3) is 0 Å². The number of phenols is 1. The number of carbonyl (C=O) groups is 3. The van der Waals surface area contributed by atoms with Gasteiger partial charge < -0.3 is 25.4 Å². The summed E-state index contributed by atoms with van der Waals surface area (Å²) in [6, 6.07) is 14.7. The minimum absolute atomic E-state index is 0.110. The third kappa shape index (κ3) is 6.95. The Kier molecular flexibility index (Phi) is 8.47. The number of benzene rings is 2. The maximum atomic E-state index is 13.9. The maximum absolute atomic E-state index is 13.9. The van der Waals surface area contributed by atoms with Crippen LogP contribution in [0.2, 0.25) is 0 Å². The van der Waals surface area contributed by atoms with Gasteiger partial charge in [-0.15, -0.1) is 0 Å². The number of hydrogen-bond acceptors (Lipinski definition) is 5. The van der Waals surface area contributed by atoms with Crippen LogP contribution in [0.3, 0.4) is 0 Å². The molecule has 2 aromatic carbocycles. The molecule has 1 aliphatic carbocycles. The van der Waals surface area contributed by atoms with Gasteiger partial charge in [-0.25, -0.2) is 4.79 Å². The second-order valence-electron chi connectivity index (χ2n) is 12.7. The number of rotatable bonds is 7. The molecule has 1 aliphatic heterocycles. The summed E-state index contributed by atoms with van der Waals surface area (Å²) in [4.78, 5) is 41.5. The van der Waals surface area contributed by atoms with Crippen molar-refractivity contribution in [1.29, 1.82) is 0 Å². The molecule has 1 fully saturated rings. The predicted octanol–water partition coefficient (Wildman–Crippen LogP) is 4.62. The van der Waals surface area contributed by atoms with Crippen LogP contribution in [0.5, 0.6) is 5.75 Å². The summed E-state index contributed by atoms with van der Waals surface area (Å²) in [6.45, 7) is 9.72. The molecule has 1 spiro atoms. The fraction of sp³-hybridized carbons (Fsp3) is 0.531. The second-order valence-corrected chi connectivity index (χ2v) is 12.7. The van der Waals surface area contributed by atoms with Gasteiger partial charge in [0.2, 0.25) is 11.8 Å². The van der Waals surface area contributed by atoms with E-state index in [-0.39, 0.29) is 17.1 Å². The van der Waals surface area contributed by atoms with Crippen molar-refractivity contribution in [2.45, 2.75) is 95.7 Å². The number of hydrogen-bond donors (Lipinski definition) is 3. The molecule has 0 bridgehead atoms. The quantitative estimate of drug-likeness (QED) is 0.467. The summed E-state index contributed by atoms with van der Waals surface area (Å²) >= 11 is 0. The lowest BCUT2D eigenvalue weighted by atomic mass is 9.74. The molecule has 1 unspecified atom stereocenters. The molecule has 8 nitrogen and oxygen atoms in total. The Morgan fingerprint density at radius 3 is 2.27 bits per heavy atom. The highest BCUT2D eigenvalue weighted by Crippen LogP contribution is 2.46. The molecule has 216 valence electrons. The molecule has 40 heavy (non-hydrogen) atoms. The number of nitrogens with one attached hydrogen (secondary N) is 2. The number of piperidine rings is 1. The first kappa shape index (κ1) is 29.4.